The molecule has 0 bridgehead atoms. The van der Waals surface area contributed by atoms with Crippen molar-refractivity contribution in [3.8, 4) is 0 Å². The maximum absolute atomic E-state index is 3.54. The van der Waals surface area contributed by atoms with Crippen molar-refractivity contribution in [1.82, 2.24) is 5.32 Å². The Morgan fingerprint density at radius 2 is 2.00 bits per heavy atom. The fraction of sp³-hybridized carbons (Fsp3) is 0.647. The van der Waals surface area contributed by atoms with Crippen molar-refractivity contribution in [2.45, 2.75) is 46.1 Å². The van der Waals surface area contributed by atoms with E-state index in [1.54, 1.807) is 0 Å². The van der Waals surface area contributed by atoms with Crippen LogP contribution in [0.3, 0.4) is 0 Å². The largest absolute Gasteiger partial charge is 0.371 e. The van der Waals surface area contributed by atoms with Gasteiger partial charge >= 0.3 is 0 Å². The third kappa shape index (κ3) is 3.50. The van der Waals surface area contributed by atoms with E-state index < -0.39 is 0 Å². The highest BCUT2D eigenvalue weighted by Gasteiger charge is 2.22. The van der Waals surface area contributed by atoms with Gasteiger partial charge in [0.15, 0.2) is 0 Å². The second-order valence-corrected chi connectivity index (χ2v) is 5.67. The highest BCUT2D eigenvalue weighted by molar-refractivity contribution is 5.55. The van der Waals surface area contributed by atoms with Crippen LogP contribution in [0.1, 0.15) is 51.6 Å². The molecule has 1 aliphatic rings. The monoisotopic (exact) mass is 260 g/mol. The lowest BCUT2D eigenvalue weighted by atomic mass is 9.85. The van der Waals surface area contributed by atoms with Crippen LogP contribution in [-0.2, 0) is 0 Å². The molecule has 2 heteroatoms. The Morgan fingerprint density at radius 1 is 1.26 bits per heavy atom. The van der Waals surface area contributed by atoms with Crippen LogP contribution in [0.15, 0.2) is 24.3 Å². The van der Waals surface area contributed by atoms with E-state index in [9.17, 15) is 0 Å². The van der Waals surface area contributed by atoms with E-state index in [1.165, 1.54) is 37.1 Å². The first kappa shape index (κ1) is 14.4. The number of hydrogen-bond donors (Lipinski definition) is 1. The second-order valence-electron chi connectivity index (χ2n) is 5.67. The van der Waals surface area contributed by atoms with E-state index in [0.717, 1.165) is 19.0 Å². The Hall–Kier alpha value is -1.02. The molecule has 1 fully saturated rings. The zero-order valence-electron chi connectivity index (χ0n) is 12.7. The van der Waals surface area contributed by atoms with Gasteiger partial charge in [-0.1, -0.05) is 31.5 Å². The van der Waals surface area contributed by atoms with Crippen molar-refractivity contribution in [3.05, 3.63) is 29.8 Å². The highest BCUT2D eigenvalue weighted by atomic mass is 15.1. The predicted octanol–water partition coefficient (Wildman–Crippen LogP) is 3.98. The zero-order valence-corrected chi connectivity index (χ0v) is 12.7. The molecule has 106 valence electrons. The molecule has 0 aliphatic heterocycles. The third-order valence-electron chi connectivity index (χ3n) is 4.34. The lowest BCUT2D eigenvalue weighted by molar-refractivity contribution is 0.318. The van der Waals surface area contributed by atoms with Gasteiger partial charge in [-0.25, -0.2) is 0 Å². The van der Waals surface area contributed by atoms with Crippen molar-refractivity contribution < 1.29 is 0 Å². The van der Waals surface area contributed by atoms with Crippen LogP contribution in [0.5, 0.6) is 0 Å². The molecule has 1 N–H and O–H groups in total. The van der Waals surface area contributed by atoms with Gasteiger partial charge in [0, 0.05) is 24.8 Å². The van der Waals surface area contributed by atoms with Crippen LogP contribution in [0.4, 0.5) is 5.69 Å². The molecule has 1 saturated carbocycles. The summed E-state index contributed by atoms with van der Waals surface area (Å²) in [6.07, 6.45) is 4.26. The van der Waals surface area contributed by atoms with Crippen LogP contribution in [0, 0.1) is 5.92 Å². The predicted molar refractivity (Wildman–Crippen MR) is 83.8 cm³/mol. The van der Waals surface area contributed by atoms with Crippen molar-refractivity contribution in [1.29, 1.82) is 0 Å². The summed E-state index contributed by atoms with van der Waals surface area (Å²) in [6, 6.07) is 9.30. The van der Waals surface area contributed by atoms with Crippen molar-refractivity contribution in [2.24, 2.45) is 5.92 Å². The molecule has 1 unspecified atom stereocenters. The molecule has 19 heavy (non-hydrogen) atoms. The molecule has 2 nitrogen and oxygen atoms in total. The van der Waals surface area contributed by atoms with Gasteiger partial charge in [-0.05, 0) is 50.8 Å². The summed E-state index contributed by atoms with van der Waals surface area (Å²) < 4.78 is 0. The van der Waals surface area contributed by atoms with Crippen molar-refractivity contribution in [2.75, 3.05) is 24.5 Å². The number of anilines is 1. The minimum atomic E-state index is 0.427. The van der Waals surface area contributed by atoms with Crippen molar-refractivity contribution >= 4 is 5.69 Å². The minimum Gasteiger partial charge on any atom is -0.371 e. The van der Waals surface area contributed by atoms with Crippen LogP contribution < -0.4 is 10.2 Å². The van der Waals surface area contributed by atoms with Gasteiger partial charge < -0.3 is 10.2 Å². The van der Waals surface area contributed by atoms with Crippen LogP contribution in [0.25, 0.3) is 0 Å². The zero-order chi connectivity index (χ0) is 13.7. The minimum absolute atomic E-state index is 0.427. The van der Waals surface area contributed by atoms with E-state index in [4.69, 9.17) is 0 Å². The average Bonchev–Trinajstić information content (AvgIpc) is 2.38. The first-order valence-corrected chi connectivity index (χ1v) is 7.83. The van der Waals surface area contributed by atoms with Crippen molar-refractivity contribution in [3.63, 3.8) is 0 Å². The number of nitrogens with zero attached hydrogens (tertiary/aromatic N) is 1. The Kier molecular flexibility index (Phi) is 5.26. The van der Waals surface area contributed by atoms with Gasteiger partial charge in [-0.3, -0.25) is 0 Å². The van der Waals surface area contributed by atoms with Crippen LogP contribution in [-0.4, -0.2) is 19.6 Å². The molecule has 0 amide bonds. The molecule has 1 atom stereocenters. The number of hydrogen-bond acceptors (Lipinski definition) is 2. The lowest BCUT2D eigenvalue weighted by Gasteiger charge is -2.35. The molecular weight excluding hydrogens is 232 g/mol. The first-order chi connectivity index (χ1) is 9.26. The van der Waals surface area contributed by atoms with Gasteiger partial charge in [-0.2, -0.15) is 0 Å². The van der Waals surface area contributed by atoms with E-state index in [0.29, 0.717) is 6.04 Å². The summed E-state index contributed by atoms with van der Waals surface area (Å²) in [6.45, 7) is 10.1. The van der Waals surface area contributed by atoms with Gasteiger partial charge in [0.25, 0.3) is 0 Å². The molecule has 1 aromatic rings. The van der Waals surface area contributed by atoms with Gasteiger partial charge in [-0.15, -0.1) is 0 Å². The maximum atomic E-state index is 3.54. The summed E-state index contributed by atoms with van der Waals surface area (Å²) in [5, 5.41) is 3.54. The van der Waals surface area contributed by atoms with E-state index >= 15 is 0 Å². The smallest absolute Gasteiger partial charge is 0.0414 e. The maximum Gasteiger partial charge on any atom is 0.0414 e. The molecule has 2 rings (SSSR count). The standard InChI is InChI=1S/C17H28N2/c1-4-18-14(3)16-11-6-7-12-17(16)19(5-2)13-15-9-8-10-15/h6-7,11-12,14-15,18H,4-5,8-10,13H2,1-3H3. The summed E-state index contributed by atoms with van der Waals surface area (Å²) in [5.41, 5.74) is 2.86. The SMILES string of the molecule is CCNC(C)c1ccccc1N(CC)CC1CCC1. The normalized spacial score (nSPS) is 17.0. The van der Waals surface area contributed by atoms with E-state index in [-0.39, 0.29) is 0 Å². The Bertz CT molecular complexity index is 385. The second kappa shape index (κ2) is 6.95. The van der Waals surface area contributed by atoms with Crippen LogP contribution in [0.2, 0.25) is 0 Å². The summed E-state index contributed by atoms with van der Waals surface area (Å²) in [5.74, 6) is 0.919. The molecule has 0 aromatic heterocycles. The quantitative estimate of drug-likeness (QED) is 0.797. The van der Waals surface area contributed by atoms with Gasteiger partial charge in [0.2, 0.25) is 0 Å². The average molecular weight is 260 g/mol. The van der Waals surface area contributed by atoms with Crippen LogP contribution >= 0.6 is 0 Å². The number of rotatable bonds is 7. The molecule has 0 spiro atoms. The molecule has 0 heterocycles. The van der Waals surface area contributed by atoms with E-state index in [2.05, 4.69) is 55.3 Å². The molecule has 0 radical (unpaired) electrons. The fourth-order valence-electron chi connectivity index (χ4n) is 2.94. The molecule has 1 aromatic carbocycles. The van der Waals surface area contributed by atoms with Gasteiger partial charge in [0.1, 0.15) is 0 Å². The summed E-state index contributed by atoms with van der Waals surface area (Å²) in [7, 11) is 0. The lowest BCUT2D eigenvalue weighted by Crippen LogP contribution is -2.33. The fourth-order valence-corrected chi connectivity index (χ4v) is 2.94. The Labute approximate surface area is 118 Å². The number of nitrogens with one attached hydrogen (secondary N) is 1. The van der Waals surface area contributed by atoms with Gasteiger partial charge in [0.05, 0.1) is 0 Å². The Morgan fingerprint density at radius 3 is 2.58 bits per heavy atom. The third-order valence-corrected chi connectivity index (χ3v) is 4.34. The summed E-state index contributed by atoms with van der Waals surface area (Å²) >= 11 is 0. The Balaban J connectivity index is 2.15. The topological polar surface area (TPSA) is 15.3 Å². The highest BCUT2D eigenvalue weighted by Crippen LogP contribution is 2.31. The van der Waals surface area contributed by atoms with E-state index in [1.807, 2.05) is 0 Å². The molecular formula is C17H28N2. The molecule has 1 aliphatic carbocycles. The number of benzene rings is 1. The number of para-hydroxylation sites is 1. The summed E-state index contributed by atoms with van der Waals surface area (Å²) in [4.78, 5) is 2.56. The first-order valence-electron chi connectivity index (χ1n) is 7.83. The molecule has 0 saturated heterocycles.